The first-order chi connectivity index (χ1) is 7.28. The summed E-state index contributed by atoms with van der Waals surface area (Å²) in [5.74, 6) is 2.94. The normalized spacial score (nSPS) is 23.7. The van der Waals surface area contributed by atoms with Gasteiger partial charge < -0.3 is 15.2 Å². The first-order valence-corrected chi connectivity index (χ1v) is 5.21. The van der Waals surface area contributed by atoms with Crippen molar-refractivity contribution in [1.82, 2.24) is 0 Å². The van der Waals surface area contributed by atoms with E-state index in [0.717, 1.165) is 18.0 Å². The van der Waals surface area contributed by atoms with E-state index in [0.29, 0.717) is 11.8 Å². The molecule has 2 rings (SSSR count). The van der Waals surface area contributed by atoms with Crippen LogP contribution in [0.2, 0.25) is 0 Å². The Morgan fingerprint density at radius 1 is 1.20 bits per heavy atom. The van der Waals surface area contributed by atoms with E-state index in [1.54, 1.807) is 14.2 Å². The molecule has 2 atom stereocenters. The van der Waals surface area contributed by atoms with Gasteiger partial charge in [-0.25, -0.2) is 0 Å². The summed E-state index contributed by atoms with van der Waals surface area (Å²) in [6, 6.07) is 6.04. The second-order valence-electron chi connectivity index (χ2n) is 3.98. The summed E-state index contributed by atoms with van der Waals surface area (Å²) in [6.45, 7) is 0.768. The van der Waals surface area contributed by atoms with E-state index in [9.17, 15) is 0 Å². The Morgan fingerprint density at radius 3 is 2.20 bits per heavy atom. The molecular formula is C12H17NO2. The molecule has 1 fully saturated rings. The Morgan fingerprint density at radius 2 is 1.80 bits per heavy atom. The minimum atomic E-state index is 0.596. The van der Waals surface area contributed by atoms with Crippen LogP contribution in [-0.4, -0.2) is 20.8 Å². The Bertz CT molecular complexity index is 329. The molecule has 0 aliphatic heterocycles. The Kier molecular flexibility index (Phi) is 2.82. The van der Waals surface area contributed by atoms with Crippen molar-refractivity contribution < 1.29 is 9.47 Å². The SMILES string of the molecule is COc1cc(OC)cc(C2CC2CN)c1. The number of rotatable bonds is 4. The van der Waals surface area contributed by atoms with E-state index in [-0.39, 0.29) is 0 Å². The molecule has 0 heterocycles. The third-order valence-corrected chi connectivity index (χ3v) is 3.03. The standard InChI is InChI=1S/C12H17NO2/c1-14-10-3-8(4-11(6-10)15-2)12-5-9(12)7-13/h3-4,6,9,12H,5,7,13H2,1-2H3. The van der Waals surface area contributed by atoms with Crippen LogP contribution >= 0.6 is 0 Å². The zero-order valence-corrected chi connectivity index (χ0v) is 9.19. The number of ether oxygens (including phenoxy) is 2. The van der Waals surface area contributed by atoms with E-state index in [4.69, 9.17) is 15.2 Å². The smallest absolute Gasteiger partial charge is 0.122 e. The first kappa shape index (κ1) is 10.3. The number of benzene rings is 1. The fourth-order valence-electron chi connectivity index (χ4n) is 1.96. The Balaban J connectivity index is 2.23. The van der Waals surface area contributed by atoms with Crippen molar-refractivity contribution in [2.24, 2.45) is 11.7 Å². The zero-order valence-electron chi connectivity index (χ0n) is 9.19. The largest absolute Gasteiger partial charge is 0.497 e. The molecule has 3 heteroatoms. The molecule has 0 radical (unpaired) electrons. The van der Waals surface area contributed by atoms with Gasteiger partial charge in [0.1, 0.15) is 11.5 Å². The van der Waals surface area contributed by atoms with Crippen molar-refractivity contribution in [3.05, 3.63) is 23.8 Å². The molecule has 0 saturated heterocycles. The molecule has 1 saturated carbocycles. The van der Waals surface area contributed by atoms with Gasteiger partial charge in [0.25, 0.3) is 0 Å². The van der Waals surface area contributed by atoms with Crippen molar-refractivity contribution in [3.8, 4) is 11.5 Å². The summed E-state index contributed by atoms with van der Waals surface area (Å²) in [5.41, 5.74) is 6.92. The maximum absolute atomic E-state index is 5.64. The fraction of sp³-hybridized carbons (Fsp3) is 0.500. The minimum absolute atomic E-state index is 0.596. The molecule has 3 nitrogen and oxygen atoms in total. The lowest BCUT2D eigenvalue weighted by molar-refractivity contribution is 0.393. The summed E-state index contributed by atoms with van der Waals surface area (Å²) >= 11 is 0. The Labute approximate surface area is 90.2 Å². The van der Waals surface area contributed by atoms with Crippen LogP contribution in [0.5, 0.6) is 11.5 Å². The van der Waals surface area contributed by atoms with Crippen molar-refractivity contribution in [2.45, 2.75) is 12.3 Å². The lowest BCUT2D eigenvalue weighted by Crippen LogP contribution is -2.02. The van der Waals surface area contributed by atoms with Crippen LogP contribution in [0.3, 0.4) is 0 Å². The van der Waals surface area contributed by atoms with Gasteiger partial charge in [-0.3, -0.25) is 0 Å². The van der Waals surface area contributed by atoms with Crippen LogP contribution in [0.4, 0.5) is 0 Å². The van der Waals surface area contributed by atoms with Crippen LogP contribution < -0.4 is 15.2 Å². The van der Waals surface area contributed by atoms with Crippen LogP contribution in [0, 0.1) is 5.92 Å². The molecule has 0 spiro atoms. The second kappa shape index (κ2) is 4.11. The number of methoxy groups -OCH3 is 2. The molecule has 15 heavy (non-hydrogen) atoms. The van der Waals surface area contributed by atoms with Crippen molar-refractivity contribution >= 4 is 0 Å². The molecule has 0 amide bonds. The van der Waals surface area contributed by atoms with Gasteiger partial charge in [0.05, 0.1) is 14.2 Å². The summed E-state index contributed by atoms with van der Waals surface area (Å²) < 4.78 is 10.5. The van der Waals surface area contributed by atoms with E-state index >= 15 is 0 Å². The highest BCUT2D eigenvalue weighted by Gasteiger charge is 2.37. The van der Waals surface area contributed by atoms with Gasteiger partial charge in [0.2, 0.25) is 0 Å². The molecule has 1 aliphatic rings. The highest BCUT2D eigenvalue weighted by atomic mass is 16.5. The van der Waals surface area contributed by atoms with Crippen molar-refractivity contribution in [3.63, 3.8) is 0 Å². The zero-order chi connectivity index (χ0) is 10.8. The second-order valence-corrected chi connectivity index (χ2v) is 3.98. The Hall–Kier alpha value is -1.22. The number of hydrogen-bond acceptors (Lipinski definition) is 3. The monoisotopic (exact) mass is 207 g/mol. The lowest BCUT2D eigenvalue weighted by atomic mass is 10.1. The average molecular weight is 207 g/mol. The molecule has 1 aromatic rings. The van der Waals surface area contributed by atoms with Gasteiger partial charge in [0, 0.05) is 6.07 Å². The highest BCUT2D eigenvalue weighted by molar-refractivity contribution is 5.41. The van der Waals surface area contributed by atoms with E-state index in [1.165, 1.54) is 12.0 Å². The molecule has 0 bridgehead atoms. The third-order valence-electron chi connectivity index (χ3n) is 3.03. The first-order valence-electron chi connectivity index (χ1n) is 5.21. The molecule has 0 aromatic heterocycles. The fourth-order valence-corrected chi connectivity index (χ4v) is 1.96. The topological polar surface area (TPSA) is 44.5 Å². The van der Waals surface area contributed by atoms with Crippen LogP contribution in [0.25, 0.3) is 0 Å². The van der Waals surface area contributed by atoms with Crippen LogP contribution in [0.15, 0.2) is 18.2 Å². The molecule has 2 unspecified atom stereocenters. The summed E-state index contributed by atoms with van der Waals surface area (Å²) in [5, 5.41) is 0. The van der Waals surface area contributed by atoms with Crippen LogP contribution in [-0.2, 0) is 0 Å². The van der Waals surface area contributed by atoms with E-state index in [2.05, 4.69) is 12.1 Å². The molecule has 2 N–H and O–H groups in total. The summed E-state index contributed by atoms with van der Waals surface area (Å²) in [4.78, 5) is 0. The predicted molar refractivity (Wildman–Crippen MR) is 59.4 cm³/mol. The van der Waals surface area contributed by atoms with Gasteiger partial charge in [-0.05, 0) is 42.5 Å². The van der Waals surface area contributed by atoms with E-state index in [1.807, 2.05) is 6.07 Å². The van der Waals surface area contributed by atoms with Gasteiger partial charge in [-0.1, -0.05) is 0 Å². The lowest BCUT2D eigenvalue weighted by Gasteiger charge is -2.07. The van der Waals surface area contributed by atoms with Gasteiger partial charge >= 0.3 is 0 Å². The third kappa shape index (κ3) is 2.07. The summed E-state index contributed by atoms with van der Waals surface area (Å²) in [7, 11) is 3.34. The van der Waals surface area contributed by atoms with Gasteiger partial charge in [0.15, 0.2) is 0 Å². The molecular weight excluding hydrogens is 190 g/mol. The predicted octanol–water partition coefficient (Wildman–Crippen LogP) is 1.77. The quantitative estimate of drug-likeness (QED) is 0.818. The number of hydrogen-bond donors (Lipinski definition) is 1. The maximum atomic E-state index is 5.64. The molecule has 1 aromatic carbocycles. The van der Waals surface area contributed by atoms with Crippen molar-refractivity contribution in [1.29, 1.82) is 0 Å². The van der Waals surface area contributed by atoms with Crippen molar-refractivity contribution in [2.75, 3.05) is 20.8 Å². The summed E-state index contributed by atoms with van der Waals surface area (Å²) in [6.07, 6.45) is 1.19. The minimum Gasteiger partial charge on any atom is -0.497 e. The number of nitrogens with two attached hydrogens (primary N) is 1. The van der Waals surface area contributed by atoms with Gasteiger partial charge in [-0.15, -0.1) is 0 Å². The average Bonchev–Trinajstić information content (AvgIpc) is 3.07. The van der Waals surface area contributed by atoms with E-state index < -0.39 is 0 Å². The maximum Gasteiger partial charge on any atom is 0.122 e. The highest BCUT2D eigenvalue weighted by Crippen LogP contribution is 2.48. The van der Waals surface area contributed by atoms with Gasteiger partial charge in [-0.2, -0.15) is 0 Å². The molecule has 1 aliphatic carbocycles. The molecule has 82 valence electrons. The van der Waals surface area contributed by atoms with Crippen LogP contribution in [0.1, 0.15) is 17.9 Å².